The zero-order valence-corrected chi connectivity index (χ0v) is 20.4. The highest BCUT2D eigenvalue weighted by Crippen LogP contribution is 2.39. The van der Waals surface area contributed by atoms with Crippen LogP contribution in [-0.2, 0) is 0 Å². The van der Waals surface area contributed by atoms with Crippen LogP contribution in [0.15, 0.2) is 108 Å². The largest absolute Gasteiger partial charge is 0.455 e. The van der Waals surface area contributed by atoms with Crippen LogP contribution in [0, 0.1) is 0 Å². The lowest BCUT2D eigenvalue weighted by molar-refractivity contribution is -0.398. The topological polar surface area (TPSA) is 19.4 Å². The molecular weight excluding hydrogens is 428 g/mol. The molecule has 0 unspecified atom stereocenters. The van der Waals surface area contributed by atoms with E-state index in [1.807, 2.05) is 56.6 Å². The van der Waals surface area contributed by atoms with Crippen LogP contribution in [-0.4, -0.2) is 24.9 Å². The van der Waals surface area contributed by atoms with Crippen LogP contribution in [0.25, 0.3) is 33.7 Å². The van der Waals surface area contributed by atoms with Gasteiger partial charge in [-0.25, -0.2) is 4.58 Å². The molecule has 0 amide bonds. The third-order valence-corrected chi connectivity index (χ3v) is 6.33. The lowest BCUT2D eigenvalue weighted by atomic mass is 9.99. The maximum atomic E-state index is 6.51. The number of rotatable bonds is 4. The standard InChI is InChI=1S/C32H29N2O/c1-5-13-30-27(22-34(4)28-18-10-9-17-25(28)24-15-7-6-8-16-24)26-19-20-29-31(32(26)35-30)23(2)14-11-12-21-33(29)3/h5-22H,2H2,1,3-4H3/q+1/b13-5-,14-11-,21-12-,34-22?. The van der Waals surface area contributed by atoms with Crippen LogP contribution in [0.2, 0.25) is 0 Å². The molecule has 0 atom stereocenters. The number of allylic oxidation sites excluding steroid dienone is 5. The lowest BCUT2D eigenvalue weighted by Crippen LogP contribution is -2.10. The number of para-hydroxylation sites is 1. The van der Waals surface area contributed by atoms with Crippen molar-refractivity contribution in [3.63, 3.8) is 0 Å². The molecule has 0 spiro atoms. The van der Waals surface area contributed by atoms with E-state index in [0.717, 1.165) is 44.8 Å². The first kappa shape index (κ1) is 22.4. The van der Waals surface area contributed by atoms with Crippen LogP contribution in [0.1, 0.15) is 23.8 Å². The Hall–Kier alpha value is -4.37. The summed E-state index contributed by atoms with van der Waals surface area (Å²) in [6, 6.07) is 23.3. The van der Waals surface area contributed by atoms with Gasteiger partial charge in [0.25, 0.3) is 0 Å². The van der Waals surface area contributed by atoms with Crippen LogP contribution in [0.5, 0.6) is 0 Å². The molecule has 3 aromatic carbocycles. The van der Waals surface area contributed by atoms with Crippen LogP contribution >= 0.6 is 0 Å². The average Bonchev–Trinajstić information content (AvgIpc) is 3.22. The minimum atomic E-state index is 0.831. The van der Waals surface area contributed by atoms with E-state index in [1.54, 1.807) is 0 Å². The molecule has 2 heterocycles. The Morgan fingerprint density at radius 2 is 1.71 bits per heavy atom. The maximum Gasteiger partial charge on any atom is 0.212 e. The first-order chi connectivity index (χ1) is 17.1. The van der Waals surface area contributed by atoms with Gasteiger partial charge in [0.05, 0.1) is 16.8 Å². The zero-order valence-electron chi connectivity index (χ0n) is 20.4. The van der Waals surface area contributed by atoms with Crippen molar-refractivity contribution in [3.8, 4) is 11.1 Å². The molecule has 0 N–H and O–H groups in total. The van der Waals surface area contributed by atoms with Crippen molar-refractivity contribution in [2.45, 2.75) is 6.92 Å². The van der Waals surface area contributed by atoms with Gasteiger partial charge in [-0.05, 0) is 48.4 Å². The van der Waals surface area contributed by atoms with Gasteiger partial charge in [0, 0.05) is 30.3 Å². The number of hydrogen-bond acceptors (Lipinski definition) is 2. The normalized spacial score (nSPS) is 15.8. The minimum absolute atomic E-state index is 0.831. The van der Waals surface area contributed by atoms with Crippen molar-refractivity contribution >= 4 is 40.2 Å². The van der Waals surface area contributed by atoms with Gasteiger partial charge in [-0.3, -0.25) is 0 Å². The van der Waals surface area contributed by atoms with E-state index in [9.17, 15) is 0 Å². The number of furan rings is 1. The molecule has 1 aliphatic rings. The molecule has 3 heteroatoms. The summed E-state index contributed by atoms with van der Waals surface area (Å²) in [6.45, 7) is 6.34. The maximum absolute atomic E-state index is 6.51. The Morgan fingerprint density at radius 1 is 0.943 bits per heavy atom. The van der Waals surface area contributed by atoms with Crippen LogP contribution < -0.4 is 4.90 Å². The summed E-state index contributed by atoms with van der Waals surface area (Å²) >= 11 is 0. The summed E-state index contributed by atoms with van der Waals surface area (Å²) in [5.74, 6) is 0.831. The molecule has 1 aromatic heterocycles. The van der Waals surface area contributed by atoms with E-state index in [2.05, 4.69) is 90.0 Å². The van der Waals surface area contributed by atoms with Gasteiger partial charge in [0.2, 0.25) is 5.69 Å². The molecule has 0 aliphatic carbocycles. The number of nitrogens with zero attached hydrogens (tertiary/aromatic N) is 2. The Bertz CT molecular complexity index is 1530. The fraction of sp³-hybridized carbons (Fsp3) is 0.0938. The number of benzene rings is 3. The second-order valence-electron chi connectivity index (χ2n) is 8.68. The summed E-state index contributed by atoms with van der Waals surface area (Å²) in [7, 11) is 4.14. The molecular formula is C32H29N2O+. The highest BCUT2D eigenvalue weighted by Gasteiger charge is 2.22. The summed E-state index contributed by atoms with van der Waals surface area (Å²) in [4.78, 5) is 2.10. The monoisotopic (exact) mass is 457 g/mol. The highest BCUT2D eigenvalue weighted by atomic mass is 16.3. The molecule has 5 rings (SSSR count). The van der Waals surface area contributed by atoms with Gasteiger partial charge in [-0.1, -0.05) is 67.3 Å². The van der Waals surface area contributed by atoms with E-state index in [4.69, 9.17) is 4.42 Å². The molecule has 4 aromatic rings. The molecule has 0 radical (unpaired) electrons. The van der Waals surface area contributed by atoms with Crippen LogP contribution in [0.4, 0.5) is 11.4 Å². The molecule has 1 aliphatic heterocycles. The van der Waals surface area contributed by atoms with E-state index < -0.39 is 0 Å². The quantitative estimate of drug-likeness (QED) is 0.228. The second-order valence-corrected chi connectivity index (χ2v) is 8.68. The lowest BCUT2D eigenvalue weighted by Gasteiger charge is -2.20. The molecule has 35 heavy (non-hydrogen) atoms. The van der Waals surface area contributed by atoms with Gasteiger partial charge in [0.1, 0.15) is 18.4 Å². The van der Waals surface area contributed by atoms with Crippen molar-refractivity contribution < 1.29 is 8.99 Å². The predicted octanol–water partition coefficient (Wildman–Crippen LogP) is 8.06. The number of fused-ring (bicyclic) bond motifs is 3. The third kappa shape index (κ3) is 4.17. The Kier molecular flexibility index (Phi) is 6.07. The van der Waals surface area contributed by atoms with Crippen molar-refractivity contribution in [2.24, 2.45) is 0 Å². The predicted molar refractivity (Wildman–Crippen MR) is 150 cm³/mol. The third-order valence-electron chi connectivity index (χ3n) is 6.33. The average molecular weight is 458 g/mol. The van der Waals surface area contributed by atoms with Crippen molar-refractivity contribution in [3.05, 3.63) is 121 Å². The van der Waals surface area contributed by atoms with Crippen molar-refractivity contribution in [1.82, 2.24) is 0 Å². The molecule has 172 valence electrons. The summed E-state index contributed by atoms with van der Waals surface area (Å²) < 4.78 is 8.70. The minimum Gasteiger partial charge on any atom is -0.455 e. The Labute approximate surface area is 207 Å². The van der Waals surface area contributed by atoms with E-state index in [1.165, 1.54) is 11.1 Å². The zero-order chi connectivity index (χ0) is 24.4. The molecule has 0 fully saturated rings. The number of anilines is 1. The molecule has 3 nitrogen and oxygen atoms in total. The van der Waals surface area contributed by atoms with Crippen LogP contribution in [0.3, 0.4) is 0 Å². The summed E-state index contributed by atoms with van der Waals surface area (Å²) in [5, 5.41) is 1.06. The van der Waals surface area contributed by atoms with Gasteiger partial charge in [-0.15, -0.1) is 0 Å². The van der Waals surface area contributed by atoms with Gasteiger partial charge in [0.15, 0.2) is 6.21 Å². The fourth-order valence-corrected chi connectivity index (χ4v) is 4.62. The summed E-state index contributed by atoms with van der Waals surface area (Å²) in [6.07, 6.45) is 14.3. The SMILES string of the molecule is C=C1/C=C\C=C/N(C)c2ccc3c(C=[N+](C)c4ccccc4-c4ccccc4)c(/C=C\C)oc3c21. The summed E-state index contributed by atoms with van der Waals surface area (Å²) in [5.41, 5.74) is 8.41. The highest BCUT2D eigenvalue weighted by molar-refractivity contribution is 6.07. The Morgan fingerprint density at radius 3 is 2.51 bits per heavy atom. The Balaban J connectivity index is 1.72. The van der Waals surface area contributed by atoms with E-state index in [0.29, 0.717) is 0 Å². The molecule has 0 saturated heterocycles. The second kappa shape index (κ2) is 9.47. The van der Waals surface area contributed by atoms with E-state index >= 15 is 0 Å². The van der Waals surface area contributed by atoms with Gasteiger partial charge >= 0.3 is 0 Å². The van der Waals surface area contributed by atoms with Crippen molar-refractivity contribution in [2.75, 3.05) is 19.0 Å². The first-order valence-corrected chi connectivity index (χ1v) is 11.8. The first-order valence-electron chi connectivity index (χ1n) is 11.8. The fourth-order valence-electron chi connectivity index (χ4n) is 4.62. The van der Waals surface area contributed by atoms with Gasteiger partial charge < -0.3 is 9.32 Å². The van der Waals surface area contributed by atoms with Crippen molar-refractivity contribution in [1.29, 1.82) is 0 Å². The van der Waals surface area contributed by atoms with Gasteiger partial charge in [-0.2, -0.15) is 0 Å². The number of hydrogen-bond donors (Lipinski definition) is 0. The molecule has 0 saturated carbocycles. The molecule has 0 bridgehead atoms. The smallest absolute Gasteiger partial charge is 0.212 e. The van der Waals surface area contributed by atoms with E-state index in [-0.39, 0.29) is 0 Å².